The number of hydrogen-bond acceptors (Lipinski definition) is 9. The van der Waals surface area contributed by atoms with Gasteiger partial charge in [-0.3, -0.25) is 9.97 Å². The molecular formula is C30H32FN5O5. The average molecular weight is 562 g/mol. The summed E-state index contributed by atoms with van der Waals surface area (Å²) in [4.78, 5) is 39.9. The van der Waals surface area contributed by atoms with Crippen LogP contribution in [0.4, 0.5) is 15.0 Å². The predicted octanol–water partition coefficient (Wildman–Crippen LogP) is 5.71. The van der Waals surface area contributed by atoms with Crippen LogP contribution in [0.2, 0.25) is 0 Å². The maximum atomic E-state index is 14.1. The van der Waals surface area contributed by atoms with Crippen LogP contribution >= 0.6 is 0 Å². The first-order chi connectivity index (χ1) is 19.4. The van der Waals surface area contributed by atoms with E-state index in [-0.39, 0.29) is 29.2 Å². The number of carbonyl (C=O) groups is 2. The molecule has 0 fully saturated rings. The fraction of sp³-hybridized carbons (Fsp3) is 0.300. The Balaban J connectivity index is 1.75. The molecule has 0 aliphatic carbocycles. The Hall–Kier alpha value is -4.80. The molecule has 4 aromatic rings. The number of methoxy groups -OCH3 is 1. The lowest BCUT2D eigenvalue weighted by atomic mass is 10.00. The first-order valence-electron chi connectivity index (χ1n) is 12.8. The van der Waals surface area contributed by atoms with E-state index in [1.54, 1.807) is 65.5 Å². The van der Waals surface area contributed by atoms with Gasteiger partial charge in [-0.15, -0.1) is 0 Å². The molecule has 1 aromatic carbocycles. The van der Waals surface area contributed by atoms with Crippen molar-refractivity contribution in [2.75, 3.05) is 19.9 Å². The zero-order valence-corrected chi connectivity index (χ0v) is 23.8. The van der Waals surface area contributed by atoms with Gasteiger partial charge < -0.3 is 24.8 Å². The van der Waals surface area contributed by atoms with Gasteiger partial charge in [0.15, 0.2) is 11.6 Å². The highest BCUT2D eigenvalue weighted by molar-refractivity contribution is 5.93. The molecule has 0 unspecified atom stereocenters. The number of nitrogens with zero attached hydrogens (tertiary/aromatic N) is 4. The van der Waals surface area contributed by atoms with Crippen LogP contribution < -0.4 is 10.5 Å². The van der Waals surface area contributed by atoms with Crippen molar-refractivity contribution in [1.29, 1.82) is 0 Å². The van der Waals surface area contributed by atoms with E-state index in [9.17, 15) is 14.0 Å². The van der Waals surface area contributed by atoms with Gasteiger partial charge in [0.1, 0.15) is 17.5 Å². The summed E-state index contributed by atoms with van der Waals surface area (Å²) < 4.78 is 30.6. The van der Waals surface area contributed by atoms with Gasteiger partial charge in [0.25, 0.3) is 0 Å². The number of esters is 1. The number of hydrogen-bond donors (Lipinski definition) is 1. The molecule has 2 N–H and O–H groups in total. The Morgan fingerprint density at radius 2 is 1.85 bits per heavy atom. The normalized spacial score (nSPS) is 12.1. The van der Waals surface area contributed by atoms with E-state index in [1.807, 2.05) is 6.07 Å². The number of rotatable bonds is 7. The number of nitrogens with two attached hydrogens (primary N) is 1. The van der Waals surface area contributed by atoms with Gasteiger partial charge in [0.2, 0.25) is 0 Å². The molecule has 4 rings (SSSR count). The van der Waals surface area contributed by atoms with Crippen LogP contribution in [0, 0.1) is 5.82 Å². The van der Waals surface area contributed by atoms with E-state index in [4.69, 9.17) is 19.9 Å². The minimum Gasteiger partial charge on any atom is -0.482 e. The van der Waals surface area contributed by atoms with Crippen molar-refractivity contribution in [3.05, 3.63) is 77.5 Å². The summed E-state index contributed by atoms with van der Waals surface area (Å²) in [7, 11) is 2.88. The van der Waals surface area contributed by atoms with Gasteiger partial charge in [-0.2, -0.15) is 0 Å². The van der Waals surface area contributed by atoms with Crippen molar-refractivity contribution in [3.8, 4) is 16.9 Å². The summed E-state index contributed by atoms with van der Waals surface area (Å²) in [6.45, 7) is 7.23. The van der Waals surface area contributed by atoms with E-state index in [0.29, 0.717) is 27.7 Å². The molecule has 0 saturated carbocycles. The highest BCUT2D eigenvalue weighted by Crippen LogP contribution is 2.36. The molecular weight excluding hydrogens is 529 g/mol. The standard InChI is InChI=1S/C30H32FN5O5/c1-17(22-13-20(31)9-10-21(22)28(37)39-6)40-24-12-18(14-35-27(24)32)25-19(15-34-23-8-7-11-33-26(23)25)16-36(5)29(38)41-30(2,3)4/h7-15,17H,16H2,1-6H3,(H2,32,35)/t17-/m1/s1. The zero-order valence-electron chi connectivity index (χ0n) is 23.8. The second-order valence-corrected chi connectivity index (χ2v) is 10.5. The van der Waals surface area contributed by atoms with Gasteiger partial charge in [0.05, 0.1) is 30.3 Å². The minimum atomic E-state index is -0.788. The van der Waals surface area contributed by atoms with Crippen LogP contribution in [-0.4, -0.2) is 51.7 Å². The van der Waals surface area contributed by atoms with Crippen LogP contribution in [-0.2, 0) is 16.0 Å². The largest absolute Gasteiger partial charge is 0.482 e. The summed E-state index contributed by atoms with van der Waals surface area (Å²) in [6, 6.07) is 9.04. The van der Waals surface area contributed by atoms with Crippen molar-refractivity contribution in [3.63, 3.8) is 0 Å². The Labute approximate surface area is 237 Å². The second kappa shape index (κ2) is 11.7. The highest BCUT2D eigenvalue weighted by Gasteiger charge is 2.24. The number of carbonyl (C=O) groups excluding carboxylic acids is 2. The van der Waals surface area contributed by atoms with Gasteiger partial charge in [-0.05, 0) is 64.1 Å². The maximum absolute atomic E-state index is 14.1. The third kappa shape index (κ3) is 6.68. The lowest BCUT2D eigenvalue weighted by Gasteiger charge is -2.25. The van der Waals surface area contributed by atoms with E-state index in [1.165, 1.54) is 30.2 Å². The molecule has 41 heavy (non-hydrogen) atoms. The Bertz CT molecular complexity index is 1600. The first kappa shape index (κ1) is 29.2. The average Bonchev–Trinajstić information content (AvgIpc) is 2.92. The van der Waals surface area contributed by atoms with Crippen LogP contribution in [0.3, 0.4) is 0 Å². The lowest BCUT2D eigenvalue weighted by molar-refractivity contribution is 0.0285. The Morgan fingerprint density at radius 1 is 1.10 bits per heavy atom. The highest BCUT2D eigenvalue weighted by atomic mass is 19.1. The van der Waals surface area contributed by atoms with Crippen LogP contribution in [0.1, 0.15) is 55.3 Å². The van der Waals surface area contributed by atoms with E-state index in [0.717, 1.165) is 0 Å². The fourth-order valence-electron chi connectivity index (χ4n) is 4.27. The fourth-order valence-corrected chi connectivity index (χ4v) is 4.27. The third-order valence-corrected chi connectivity index (χ3v) is 6.15. The third-order valence-electron chi connectivity index (χ3n) is 6.15. The number of fused-ring (bicyclic) bond motifs is 1. The molecule has 0 radical (unpaired) electrons. The summed E-state index contributed by atoms with van der Waals surface area (Å²) in [6.07, 6.45) is 3.63. The van der Waals surface area contributed by atoms with Crippen molar-refractivity contribution >= 4 is 28.9 Å². The van der Waals surface area contributed by atoms with Gasteiger partial charge in [-0.1, -0.05) is 0 Å². The SMILES string of the molecule is COC(=O)c1ccc(F)cc1[C@@H](C)Oc1cc(-c2c(CN(C)C(=O)OC(C)(C)C)cnc3cccnc23)cnc1N. The van der Waals surface area contributed by atoms with Crippen LogP contribution in [0.25, 0.3) is 22.2 Å². The number of benzene rings is 1. The molecule has 0 bridgehead atoms. The number of aromatic nitrogens is 3. The van der Waals surface area contributed by atoms with Crippen molar-refractivity contribution in [1.82, 2.24) is 19.9 Å². The molecule has 0 aliphatic rings. The maximum Gasteiger partial charge on any atom is 0.410 e. The number of amides is 1. The molecule has 0 spiro atoms. The second-order valence-electron chi connectivity index (χ2n) is 10.5. The minimum absolute atomic E-state index is 0.0929. The quantitative estimate of drug-likeness (QED) is 0.282. The topological polar surface area (TPSA) is 130 Å². The summed E-state index contributed by atoms with van der Waals surface area (Å²) >= 11 is 0. The van der Waals surface area contributed by atoms with Crippen molar-refractivity contribution in [2.45, 2.75) is 45.9 Å². The predicted molar refractivity (Wildman–Crippen MR) is 152 cm³/mol. The smallest absolute Gasteiger partial charge is 0.410 e. The van der Waals surface area contributed by atoms with Gasteiger partial charge in [-0.25, -0.2) is 19.0 Å². The molecule has 11 heteroatoms. The monoisotopic (exact) mass is 561 g/mol. The number of pyridine rings is 3. The van der Waals surface area contributed by atoms with Crippen molar-refractivity contribution < 1.29 is 28.2 Å². The summed E-state index contributed by atoms with van der Waals surface area (Å²) in [5, 5.41) is 0. The van der Waals surface area contributed by atoms with Crippen molar-refractivity contribution in [2.24, 2.45) is 0 Å². The van der Waals surface area contributed by atoms with E-state index >= 15 is 0 Å². The summed E-state index contributed by atoms with van der Waals surface area (Å²) in [5.74, 6) is -0.850. The number of ether oxygens (including phenoxy) is 3. The van der Waals surface area contributed by atoms with Crippen LogP contribution in [0.5, 0.6) is 5.75 Å². The number of anilines is 1. The molecule has 1 atom stereocenters. The Kier molecular flexibility index (Phi) is 8.36. The summed E-state index contributed by atoms with van der Waals surface area (Å²) in [5.41, 5.74) is 9.18. The zero-order chi connectivity index (χ0) is 29.9. The Morgan fingerprint density at radius 3 is 2.56 bits per heavy atom. The first-order valence-corrected chi connectivity index (χ1v) is 12.8. The van der Waals surface area contributed by atoms with Crippen LogP contribution in [0.15, 0.2) is 55.0 Å². The molecule has 0 saturated heterocycles. The van der Waals surface area contributed by atoms with Gasteiger partial charge >= 0.3 is 12.1 Å². The molecule has 1 amide bonds. The molecule has 10 nitrogen and oxygen atoms in total. The molecule has 3 aromatic heterocycles. The number of halogens is 1. The molecule has 214 valence electrons. The van der Waals surface area contributed by atoms with E-state index < -0.39 is 29.6 Å². The number of nitrogen functional groups attached to an aromatic ring is 1. The van der Waals surface area contributed by atoms with Gasteiger partial charge in [0, 0.05) is 47.9 Å². The lowest BCUT2D eigenvalue weighted by Crippen LogP contribution is -2.34. The van der Waals surface area contributed by atoms with E-state index in [2.05, 4.69) is 15.0 Å². The molecule has 0 aliphatic heterocycles. The molecule has 3 heterocycles.